The van der Waals surface area contributed by atoms with E-state index in [-0.39, 0.29) is 6.61 Å². The summed E-state index contributed by atoms with van der Waals surface area (Å²) in [5, 5.41) is 12.7. The van der Waals surface area contributed by atoms with Gasteiger partial charge in [0.1, 0.15) is 5.82 Å². The Bertz CT molecular complexity index is 488. The van der Waals surface area contributed by atoms with Gasteiger partial charge in [-0.05, 0) is 12.1 Å². The normalized spacial score (nSPS) is 10.4. The van der Waals surface area contributed by atoms with E-state index in [9.17, 15) is 0 Å². The number of aromatic nitrogens is 2. The number of nitrogens with zero attached hydrogens (tertiary/aromatic N) is 2. The van der Waals surface area contributed by atoms with Crippen LogP contribution in [-0.2, 0) is 0 Å². The largest absolute Gasteiger partial charge is 0.395 e. The van der Waals surface area contributed by atoms with Gasteiger partial charge >= 0.3 is 0 Å². The molecule has 0 aliphatic heterocycles. The monoisotopic (exact) mass is 219 g/mol. The van der Waals surface area contributed by atoms with Crippen molar-refractivity contribution in [2.24, 2.45) is 5.84 Å². The molecule has 0 saturated carbocycles. The van der Waals surface area contributed by atoms with Gasteiger partial charge in [-0.3, -0.25) is 5.43 Å². The van der Waals surface area contributed by atoms with E-state index in [0.29, 0.717) is 18.3 Å². The van der Waals surface area contributed by atoms with Crippen molar-refractivity contribution in [1.29, 1.82) is 0 Å². The molecule has 1 aromatic carbocycles. The van der Waals surface area contributed by atoms with E-state index in [1.165, 1.54) is 0 Å². The predicted molar refractivity (Wildman–Crippen MR) is 62.9 cm³/mol. The molecule has 5 N–H and O–H groups in total. The predicted octanol–water partition coefficient (Wildman–Crippen LogP) is 0.320. The molecule has 84 valence electrons. The SMILES string of the molecule is NNc1nc(NCCO)c2ccccc2n1. The molecule has 0 amide bonds. The number of aliphatic hydroxyl groups is 1. The molecule has 0 aliphatic rings. The van der Waals surface area contributed by atoms with Gasteiger partial charge in [0.05, 0.1) is 12.1 Å². The van der Waals surface area contributed by atoms with E-state index in [1.54, 1.807) is 0 Å². The summed E-state index contributed by atoms with van der Waals surface area (Å²) in [7, 11) is 0. The Kier molecular flexibility index (Phi) is 3.13. The summed E-state index contributed by atoms with van der Waals surface area (Å²) >= 11 is 0. The lowest BCUT2D eigenvalue weighted by Gasteiger charge is -2.09. The first-order valence-corrected chi connectivity index (χ1v) is 4.93. The van der Waals surface area contributed by atoms with Gasteiger partial charge in [0.2, 0.25) is 5.95 Å². The Morgan fingerprint density at radius 3 is 2.81 bits per heavy atom. The summed E-state index contributed by atoms with van der Waals surface area (Å²) in [6.45, 7) is 0.481. The van der Waals surface area contributed by atoms with Gasteiger partial charge in [-0.2, -0.15) is 4.98 Å². The molecule has 0 spiro atoms. The van der Waals surface area contributed by atoms with Crippen LogP contribution in [-0.4, -0.2) is 28.2 Å². The summed E-state index contributed by atoms with van der Waals surface area (Å²) in [5.41, 5.74) is 3.21. The summed E-state index contributed by atoms with van der Waals surface area (Å²) in [6, 6.07) is 7.59. The molecule has 2 aromatic rings. The molecular weight excluding hydrogens is 206 g/mol. The van der Waals surface area contributed by atoms with Crippen molar-refractivity contribution in [2.45, 2.75) is 0 Å². The van der Waals surface area contributed by atoms with Crippen molar-refractivity contribution in [3.63, 3.8) is 0 Å². The fourth-order valence-electron chi connectivity index (χ4n) is 1.45. The third-order valence-corrected chi connectivity index (χ3v) is 2.14. The van der Waals surface area contributed by atoms with Crippen molar-refractivity contribution in [3.05, 3.63) is 24.3 Å². The van der Waals surface area contributed by atoms with Crippen molar-refractivity contribution < 1.29 is 5.11 Å². The first-order valence-electron chi connectivity index (χ1n) is 4.93. The number of hydrazine groups is 1. The lowest BCUT2D eigenvalue weighted by Crippen LogP contribution is -2.13. The number of para-hydroxylation sites is 1. The maximum absolute atomic E-state index is 8.78. The van der Waals surface area contributed by atoms with Gasteiger partial charge in [0.15, 0.2) is 0 Å². The second-order valence-electron chi connectivity index (χ2n) is 3.21. The number of nitrogens with one attached hydrogen (secondary N) is 2. The fraction of sp³-hybridized carbons (Fsp3) is 0.200. The summed E-state index contributed by atoms with van der Waals surface area (Å²) in [6.07, 6.45) is 0. The molecule has 2 rings (SSSR count). The third kappa shape index (κ3) is 2.02. The van der Waals surface area contributed by atoms with E-state index in [4.69, 9.17) is 10.9 Å². The van der Waals surface area contributed by atoms with Crippen LogP contribution in [0, 0.1) is 0 Å². The van der Waals surface area contributed by atoms with E-state index >= 15 is 0 Å². The Morgan fingerprint density at radius 1 is 1.25 bits per heavy atom. The Hall–Kier alpha value is -1.92. The van der Waals surface area contributed by atoms with Gasteiger partial charge in [-0.15, -0.1) is 0 Å². The van der Waals surface area contributed by atoms with E-state index in [0.717, 1.165) is 10.9 Å². The minimum Gasteiger partial charge on any atom is -0.395 e. The molecule has 0 unspecified atom stereocenters. The molecule has 0 atom stereocenters. The number of hydrogen-bond donors (Lipinski definition) is 4. The fourth-order valence-corrected chi connectivity index (χ4v) is 1.45. The van der Waals surface area contributed by atoms with Crippen LogP contribution in [0.3, 0.4) is 0 Å². The zero-order chi connectivity index (χ0) is 11.4. The minimum absolute atomic E-state index is 0.0454. The summed E-state index contributed by atoms with van der Waals surface area (Å²) < 4.78 is 0. The second kappa shape index (κ2) is 4.73. The van der Waals surface area contributed by atoms with E-state index in [2.05, 4.69) is 20.7 Å². The molecule has 1 aromatic heterocycles. The third-order valence-electron chi connectivity index (χ3n) is 2.14. The number of nitrogens with two attached hydrogens (primary N) is 1. The van der Waals surface area contributed by atoms with Gasteiger partial charge in [-0.25, -0.2) is 10.8 Å². The number of nitrogen functional groups attached to an aromatic ring is 1. The first-order chi connectivity index (χ1) is 7.85. The maximum Gasteiger partial charge on any atom is 0.239 e. The number of aliphatic hydroxyl groups excluding tert-OH is 1. The minimum atomic E-state index is 0.0454. The van der Waals surface area contributed by atoms with Crippen LogP contribution in [0.25, 0.3) is 10.9 Å². The molecule has 0 aliphatic carbocycles. The van der Waals surface area contributed by atoms with Crippen LogP contribution in [0.5, 0.6) is 0 Å². The van der Waals surface area contributed by atoms with Crippen molar-refractivity contribution in [3.8, 4) is 0 Å². The standard InChI is InChI=1S/C10H13N5O/c11-15-10-13-8-4-2-1-3-7(8)9(14-10)12-5-6-16/h1-4,16H,5-6,11H2,(H2,12,13,14,15). The highest BCUT2D eigenvalue weighted by atomic mass is 16.3. The maximum atomic E-state index is 8.78. The highest BCUT2D eigenvalue weighted by Crippen LogP contribution is 2.20. The average Bonchev–Trinajstić information content (AvgIpc) is 2.35. The molecule has 6 heteroatoms. The Balaban J connectivity index is 2.50. The van der Waals surface area contributed by atoms with Crippen molar-refractivity contribution >= 4 is 22.7 Å². The first kappa shape index (κ1) is 10.6. The number of fused-ring (bicyclic) bond motifs is 1. The zero-order valence-corrected chi connectivity index (χ0v) is 8.64. The van der Waals surface area contributed by atoms with Gasteiger partial charge in [0, 0.05) is 11.9 Å². The van der Waals surface area contributed by atoms with Crippen molar-refractivity contribution in [1.82, 2.24) is 9.97 Å². The summed E-state index contributed by atoms with van der Waals surface area (Å²) in [4.78, 5) is 8.40. The number of rotatable bonds is 4. The second-order valence-corrected chi connectivity index (χ2v) is 3.21. The van der Waals surface area contributed by atoms with Crippen molar-refractivity contribution in [2.75, 3.05) is 23.9 Å². The molecular formula is C10H13N5O. The molecule has 6 nitrogen and oxygen atoms in total. The number of anilines is 2. The molecule has 16 heavy (non-hydrogen) atoms. The lowest BCUT2D eigenvalue weighted by molar-refractivity contribution is 0.311. The zero-order valence-electron chi connectivity index (χ0n) is 8.64. The molecule has 0 bridgehead atoms. The molecule has 1 heterocycles. The molecule has 0 fully saturated rings. The van der Waals surface area contributed by atoms with Crippen LogP contribution in [0.2, 0.25) is 0 Å². The smallest absolute Gasteiger partial charge is 0.239 e. The highest BCUT2D eigenvalue weighted by Gasteiger charge is 2.05. The Labute approximate surface area is 92.5 Å². The van der Waals surface area contributed by atoms with Gasteiger partial charge in [0.25, 0.3) is 0 Å². The highest BCUT2D eigenvalue weighted by molar-refractivity contribution is 5.89. The number of hydrogen-bond acceptors (Lipinski definition) is 6. The topological polar surface area (TPSA) is 96.1 Å². The van der Waals surface area contributed by atoms with Crippen LogP contribution >= 0.6 is 0 Å². The average molecular weight is 219 g/mol. The van der Waals surface area contributed by atoms with E-state index < -0.39 is 0 Å². The van der Waals surface area contributed by atoms with Crippen LogP contribution in [0.4, 0.5) is 11.8 Å². The van der Waals surface area contributed by atoms with Gasteiger partial charge < -0.3 is 10.4 Å². The van der Waals surface area contributed by atoms with Gasteiger partial charge in [-0.1, -0.05) is 12.1 Å². The van der Waals surface area contributed by atoms with E-state index in [1.807, 2.05) is 24.3 Å². The van der Waals surface area contributed by atoms with Crippen LogP contribution in [0.15, 0.2) is 24.3 Å². The molecule has 0 radical (unpaired) electrons. The van der Waals surface area contributed by atoms with Crippen LogP contribution in [0.1, 0.15) is 0 Å². The quantitative estimate of drug-likeness (QED) is 0.437. The number of benzene rings is 1. The Morgan fingerprint density at radius 2 is 2.06 bits per heavy atom. The lowest BCUT2D eigenvalue weighted by atomic mass is 10.2. The summed E-state index contributed by atoms with van der Waals surface area (Å²) in [5.74, 6) is 6.29. The molecule has 0 saturated heterocycles. The van der Waals surface area contributed by atoms with Crippen LogP contribution < -0.4 is 16.6 Å².